The van der Waals surface area contributed by atoms with Gasteiger partial charge in [0.1, 0.15) is 4.70 Å². The molecule has 10 heteroatoms. The first-order chi connectivity index (χ1) is 15.7. The highest BCUT2D eigenvalue weighted by Crippen LogP contribution is 2.33. The molecule has 0 aliphatic carbocycles. The lowest BCUT2D eigenvalue weighted by Crippen LogP contribution is -2.42. The molecule has 0 radical (unpaired) electrons. The van der Waals surface area contributed by atoms with E-state index in [9.17, 15) is 22.1 Å². The van der Waals surface area contributed by atoms with Crippen LogP contribution in [0.1, 0.15) is 25.5 Å². The van der Waals surface area contributed by atoms with Gasteiger partial charge in [-0.2, -0.15) is 4.57 Å². The number of para-hydroxylation sites is 2. The molecule has 0 bridgehead atoms. The van der Waals surface area contributed by atoms with Crippen molar-refractivity contribution in [3.05, 3.63) is 78.0 Å². The monoisotopic (exact) mass is 478 g/mol. The average molecular weight is 478 g/mol. The Balaban J connectivity index is 0.000000555. The Kier molecular flexibility index (Phi) is 7.91. The fourth-order valence-corrected chi connectivity index (χ4v) is 4.47. The van der Waals surface area contributed by atoms with E-state index in [4.69, 9.17) is 4.74 Å². The number of aromatic nitrogens is 1. The SMILES string of the molecule is CCOC(=O)C(C=C1C=CN(CC)c2ccccc21)[n+]1csc2ccccc21.F[B-](F)(F)F. The van der Waals surface area contributed by atoms with Gasteiger partial charge in [-0.3, -0.25) is 0 Å². The van der Waals surface area contributed by atoms with E-state index in [0.717, 1.165) is 33.6 Å². The summed E-state index contributed by atoms with van der Waals surface area (Å²) in [4.78, 5) is 15.1. The fourth-order valence-electron chi connectivity index (χ4n) is 3.55. The maximum atomic E-state index is 12.9. The van der Waals surface area contributed by atoms with Crippen LogP contribution in [0, 0.1) is 0 Å². The van der Waals surface area contributed by atoms with Gasteiger partial charge in [-0.15, -0.1) is 0 Å². The van der Waals surface area contributed by atoms with Crippen molar-refractivity contribution in [1.82, 2.24) is 0 Å². The second kappa shape index (κ2) is 10.7. The second-order valence-electron chi connectivity index (χ2n) is 7.03. The number of rotatable bonds is 5. The van der Waals surface area contributed by atoms with Crippen LogP contribution in [-0.2, 0) is 9.53 Å². The zero-order valence-corrected chi connectivity index (χ0v) is 18.9. The maximum Gasteiger partial charge on any atom is 0.673 e. The summed E-state index contributed by atoms with van der Waals surface area (Å²) in [6, 6.07) is 15.9. The summed E-state index contributed by atoms with van der Waals surface area (Å²) in [5.74, 6) is -0.243. The third kappa shape index (κ3) is 6.22. The third-order valence-corrected chi connectivity index (χ3v) is 5.83. The number of benzene rings is 2. The molecule has 0 amide bonds. The predicted octanol–water partition coefficient (Wildman–Crippen LogP) is 6.03. The van der Waals surface area contributed by atoms with Crippen molar-refractivity contribution in [3.8, 4) is 0 Å². The van der Waals surface area contributed by atoms with E-state index in [2.05, 4.69) is 42.3 Å². The zero-order valence-electron chi connectivity index (χ0n) is 18.1. The number of hydrogen-bond acceptors (Lipinski definition) is 4. The first-order valence-corrected chi connectivity index (χ1v) is 11.3. The molecule has 4 rings (SSSR count). The van der Waals surface area contributed by atoms with Crippen molar-refractivity contribution < 1.29 is 31.4 Å². The van der Waals surface area contributed by atoms with Gasteiger partial charge >= 0.3 is 13.2 Å². The Morgan fingerprint density at radius 2 is 1.79 bits per heavy atom. The zero-order chi connectivity index (χ0) is 24.0. The second-order valence-corrected chi connectivity index (χ2v) is 7.92. The number of ether oxygens (including phenoxy) is 1. The number of halogens is 4. The molecule has 3 aromatic rings. The summed E-state index contributed by atoms with van der Waals surface area (Å²) in [7, 11) is -6.00. The molecule has 1 aromatic heterocycles. The van der Waals surface area contributed by atoms with E-state index in [1.54, 1.807) is 11.3 Å². The Morgan fingerprint density at radius 3 is 2.48 bits per heavy atom. The minimum Gasteiger partial charge on any atom is -0.461 e. The molecule has 33 heavy (non-hydrogen) atoms. The fraction of sp³-hybridized carbons (Fsp3) is 0.217. The minimum absolute atomic E-state index is 0.243. The smallest absolute Gasteiger partial charge is 0.461 e. The molecule has 0 saturated carbocycles. The molecule has 1 atom stereocenters. The average Bonchev–Trinajstić information content (AvgIpc) is 3.20. The van der Waals surface area contributed by atoms with Crippen LogP contribution in [0.25, 0.3) is 15.8 Å². The first-order valence-electron chi connectivity index (χ1n) is 10.4. The number of thiazole rings is 1. The highest BCUT2D eigenvalue weighted by molar-refractivity contribution is 7.16. The highest BCUT2D eigenvalue weighted by atomic mass is 32.1. The van der Waals surface area contributed by atoms with E-state index in [-0.39, 0.29) is 5.97 Å². The van der Waals surface area contributed by atoms with Crippen LogP contribution in [0.5, 0.6) is 0 Å². The molecule has 0 fully saturated rings. The van der Waals surface area contributed by atoms with Crippen LogP contribution in [0.4, 0.5) is 23.0 Å². The largest absolute Gasteiger partial charge is 0.673 e. The van der Waals surface area contributed by atoms with Crippen LogP contribution < -0.4 is 9.47 Å². The molecule has 1 aliphatic heterocycles. The maximum absolute atomic E-state index is 12.9. The van der Waals surface area contributed by atoms with E-state index in [1.165, 1.54) is 0 Å². The molecule has 2 heterocycles. The van der Waals surface area contributed by atoms with Gasteiger partial charge in [-0.1, -0.05) is 41.7 Å². The lowest BCUT2D eigenvalue weighted by molar-refractivity contribution is -0.671. The van der Waals surface area contributed by atoms with E-state index in [0.29, 0.717) is 6.61 Å². The van der Waals surface area contributed by atoms with Crippen LogP contribution in [-0.4, -0.2) is 26.4 Å². The number of fused-ring (bicyclic) bond motifs is 2. The van der Waals surface area contributed by atoms with Crippen molar-refractivity contribution >= 4 is 46.0 Å². The number of hydrogen-bond donors (Lipinski definition) is 0. The topological polar surface area (TPSA) is 33.4 Å². The molecule has 0 saturated heterocycles. The van der Waals surface area contributed by atoms with Gasteiger partial charge in [0.15, 0.2) is 0 Å². The summed E-state index contributed by atoms with van der Waals surface area (Å²) in [6.07, 6.45) is 6.17. The highest BCUT2D eigenvalue weighted by Gasteiger charge is 2.31. The first kappa shape index (κ1) is 24.5. The summed E-state index contributed by atoms with van der Waals surface area (Å²) in [5, 5.41) is 0. The predicted molar refractivity (Wildman–Crippen MR) is 124 cm³/mol. The van der Waals surface area contributed by atoms with E-state index >= 15 is 0 Å². The number of allylic oxidation sites excluding steroid dienone is 2. The van der Waals surface area contributed by atoms with Crippen molar-refractivity contribution in [2.24, 2.45) is 0 Å². The molecule has 2 aromatic carbocycles. The van der Waals surface area contributed by atoms with Gasteiger partial charge in [-0.05, 0) is 37.6 Å². The van der Waals surface area contributed by atoms with E-state index in [1.807, 2.05) is 53.4 Å². The molecule has 4 nitrogen and oxygen atoms in total. The normalized spacial score (nSPS) is 15.1. The lowest BCUT2D eigenvalue weighted by Gasteiger charge is -2.26. The number of anilines is 1. The van der Waals surface area contributed by atoms with Gasteiger partial charge in [0.25, 0.3) is 6.04 Å². The number of carbonyl (C=O) groups is 1. The van der Waals surface area contributed by atoms with E-state index < -0.39 is 13.3 Å². The molecule has 174 valence electrons. The molecule has 1 aliphatic rings. The van der Waals surface area contributed by atoms with Crippen LogP contribution in [0.15, 0.2) is 72.4 Å². The van der Waals surface area contributed by atoms with Crippen molar-refractivity contribution in [1.29, 1.82) is 0 Å². The number of carbonyl (C=O) groups excluding carboxylic acids is 1. The quantitative estimate of drug-likeness (QED) is 0.194. The molecular formula is C23H23BF4N2O2S. The summed E-state index contributed by atoms with van der Waals surface area (Å²) in [5.41, 5.74) is 6.34. The van der Waals surface area contributed by atoms with Gasteiger partial charge < -0.3 is 26.9 Å². The Morgan fingerprint density at radius 1 is 1.12 bits per heavy atom. The molecular weight excluding hydrogens is 455 g/mol. The van der Waals surface area contributed by atoms with Crippen molar-refractivity contribution in [3.63, 3.8) is 0 Å². The minimum atomic E-state index is -6.00. The van der Waals surface area contributed by atoms with Crippen molar-refractivity contribution in [2.45, 2.75) is 19.9 Å². The Hall–Kier alpha value is -3.14. The molecule has 0 N–H and O–H groups in total. The number of esters is 1. The molecule has 1 unspecified atom stereocenters. The standard InChI is InChI=1S/C23H23N2O2S.BF4/c1-3-24-14-13-17(18-9-5-6-10-19(18)24)15-21(23(26)27-4-2)25-16-28-22-12-8-7-11-20(22)25;2-1(3,4)5/h5-16,21H,3-4H2,1-2H3;/q+1;-1. The summed E-state index contributed by atoms with van der Waals surface area (Å²) in [6.45, 7) is 5.22. The Labute approximate surface area is 193 Å². The third-order valence-electron chi connectivity index (χ3n) is 4.90. The van der Waals surface area contributed by atoms with Gasteiger partial charge in [-0.25, -0.2) is 4.79 Å². The number of nitrogens with zero attached hydrogens (tertiary/aromatic N) is 2. The van der Waals surface area contributed by atoms with Crippen LogP contribution >= 0.6 is 11.3 Å². The van der Waals surface area contributed by atoms with Crippen LogP contribution in [0.3, 0.4) is 0 Å². The Bertz CT molecular complexity index is 1170. The van der Waals surface area contributed by atoms with Gasteiger partial charge in [0.2, 0.25) is 11.0 Å². The lowest BCUT2D eigenvalue weighted by atomic mass is 9.97. The van der Waals surface area contributed by atoms with Gasteiger partial charge in [0.05, 0.1) is 6.61 Å². The molecule has 0 spiro atoms. The summed E-state index contributed by atoms with van der Waals surface area (Å²) < 4.78 is 47.6. The summed E-state index contributed by atoms with van der Waals surface area (Å²) >= 11 is 1.63. The van der Waals surface area contributed by atoms with Crippen molar-refractivity contribution in [2.75, 3.05) is 18.1 Å². The van der Waals surface area contributed by atoms with Crippen LogP contribution in [0.2, 0.25) is 0 Å². The van der Waals surface area contributed by atoms with Gasteiger partial charge in [0, 0.05) is 36.1 Å².